The zero-order valence-corrected chi connectivity index (χ0v) is 17.7. The third kappa shape index (κ3) is 6.11. The SMILES string of the molecule is CN([SiH](COc1cccc(N)c1)COc1cccc(N)c1)[Si](C)(C)C. The van der Waals surface area contributed by atoms with Crippen LogP contribution in [0.5, 0.6) is 11.5 Å². The van der Waals surface area contributed by atoms with Crippen molar-refractivity contribution in [1.29, 1.82) is 0 Å². The lowest BCUT2D eigenvalue weighted by atomic mass is 10.3. The normalized spacial score (nSPS) is 11.8. The molecular formula is C18H29N3O2Si2. The molecule has 0 aromatic heterocycles. The van der Waals surface area contributed by atoms with Crippen LogP contribution in [0.1, 0.15) is 0 Å². The van der Waals surface area contributed by atoms with Crippen LogP contribution in [0.4, 0.5) is 11.4 Å². The van der Waals surface area contributed by atoms with Crippen LogP contribution < -0.4 is 20.9 Å². The van der Waals surface area contributed by atoms with Crippen LogP contribution in [0, 0.1) is 0 Å². The second-order valence-corrected chi connectivity index (χ2v) is 15.5. The maximum atomic E-state index is 6.04. The average Bonchev–Trinajstić information content (AvgIpc) is 2.53. The molecule has 25 heavy (non-hydrogen) atoms. The largest absolute Gasteiger partial charge is 0.496 e. The molecule has 7 heteroatoms. The van der Waals surface area contributed by atoms with Crippen molar-refractivity contribution < 1.29 is 9.47 Å². The van der Waals surface area contributed by atoms with Gasteiger partial charge in [-0.05, 0) is 31.3 Å². The van der Waals surface area contributed by atoms with Gasteiger partial charge in [0.25, 0.3) is 0 Å². The number of ether oxygens (including phenoxy) is 2. The molecule has 4 N–H and O–H groups in total. The standard InChI is InChI=1S/C18H29N3O2Si2/c1-21(25(2,3)4)24(13-22-17-9-5-7-15(19)11-17)14-23-18-10-6-8-16(20)12-18/h5-12,24H,13-14,19-20H2,1-4H3. The Morgan fingerprint density at radius 2 is 1.32 bits per heavy atom. The number of anilines is 2. The Hall–Kier alpha value is -1.97. The minimum Gasteiger partial charge on any atom is -0.496 e. The van der Waals surface area contributed by atoms with E-state index in [4.69, 9.17) is 20.9 Å². The van der Waals surface area contributed by atoms with E-state index in [0.29, 0.717) is 23.8 Å². The van der Waals surface area contributed by atoms with Crippen molar-refractivity contribution in [3.8, 4) is 11.5 Å². The first-order valence-electron chi connectivity index (χ1n) is 8.45. The third-order valence-corrected chi connectivity index (χ3v) is 11.9. The fourth-order valence-corrected chi connectivity index (χ4v) is 8.56. The Bertz CT molecular complexity index is 643. The van der Waals surface area contributed by atoms with Gasteiger partial charge in [0.05, 0.1) is 12.5 Å². The summed E-state index contributed by atoms with van der Waals surface area (Å²) in [5.74, 6) is 1.62. The van der Waals surface area contributed by atoms with Crippen molar-refractivity contribution in [3.05, 3.63) is 48.5 Å². The fourth-order valence-electron chi connectivity index (χ4n) is 2.41. The molecule has 0 fully saturated rings. The van der Waals surface area contributed by atoms with Gasteiger partial charge in [0.15, 0.2) is 8.96 Å². The van der Waals surface area contributed by atoms with Crippen LogP contribution in [0.2, 0.25) is 19.6 Å². The lowest BCUT2D eigenvalue weighted by Gasteiger charge is -2.36. The molecule has 5 nitrogen and oxygen atoms in total. The fraction of sp³-hybridized carbons (Fsp3) is 0.333. The van der Waals surface area contributed by atoms with Gasteiger partial charge < -0.3 is 25.2 Å². The van der Waals surface area contributed by atoms with E-state index in [1.165, 1.54) is 0 Å². The van der Waals surface area contributed by atoms with Gasteiger partial charge in [-0.1, -0.05) is 31.8 Å². The Labute approximate surface area is 153 Å². The van der Waals surface area contributed by atoms with Crippen LogP contribution >= 0.6 is 0 Å². The monoisotopic (exact) mass is 375 g/mol. The second kappa shape index (κ2) is 8.42. The van der Waals surface area contributed by atoms with Crippen molar-refractivity contribution >= 4 is 28.6 Å². The van der Waals surface area contributed by atoms with Gasteiger partial charge in [0.2, 0.25) is 0 Å². The van der Waals surface area contributed by atoms with E-state index in [0.717, 1.165) is 11.5 Å². The Morgan fingerprint density at radius 1 is 0.880 bits per heavy atom. The number of nitrogen functional groups attached to an aromatic ring is 2. The minimum atomic E-state index is -1.45. The second-order valence-electron chi connectivity index (χ2n) is 7.20. The van der Waals surface area contributed by atoms with Crippen LogP contribution in [-0.4, -0.2) is 40.9 Å². The molecule has 0 aliphatic heterocycles. The third-order valence-electron chi connectivity index (χ3n) is 4.21. The van der Waals surface area contributed by atoms with Gasteiger partial charge in [0.1, 0.15) is 19.7 Å². The molecule has 0 aliphatic carbocycles. The van der Waals surface area contributed by atoms with Crippen LogP contribution in [0.25, 0.3) is 0 Å². The predicted molar refractivity (Wildman–Crippen MR) is 111 cm³/mol. The molecule has 0 radical (unpaired) electrons. The molecule has 0 bridgehead atoms. The summed E-state index contributed by atoms with van der Waals surface area (Å²) < 4.78 is 14.6. The van der Waals surface area contributed by atoms with Gasteiger partial charge in [-0.2, -0.15) is 0 Å². The highest BCUT2D eigenvalue weighted by atomic mass is 28.4. The first-order valence-corrected chi connectivity index (χ1v) is 14.0. The van der Waals surface area contributed by atoms with Gasteiger partial charge >= 0.3 is 0 Å². The van der Waals surface area contributed by atoms with Gasteiger partial charge in [-0.3, -0.25) is 0 Å². The molecule has 0 saturated carbocycles. The molecule has 0 atom stereocenters. The van der Waals surface area contributed by atoms with Crippen LogP contribution in [0.15, 0.2) is 48.5 Å². The quantitative estimate of drug-likeness (QED) is 0.548. The summed E-state index contributed by atoms with van der Waals surface area (Å²) in [7, 11) is -0.688. The smallest absolute Gasteiger partial charge is 0.188 e. The highest BCUT2D eigenvalue weighted by Gasteiger charge is 2.29. The topological polar surface area (TPSA) is 73.7 Å². The summed E-state index contributed by atoms with van der Waals surface area (Å²) in [6.45, 7) is 7.02. The molecule has 2 rings (SSSR count). The Balaban J connectivity index is 2.04. The maximum Gasteiger partial charge on any atom is 0.188 e. The summed E-state index contributed by atoms with van der Waals surface area (Å²) in [6, 6.07) is 15.1. The molecule has 0 amide bonds. The molecule has 0 unspecified atom stereocenters. The van der Waals surface area contributed by atoms with Crippen molar-refractivity contribution in [2.75, 3.05) is 31.0 Å². The number of hydrogen-bond donors (Lipinski definition) is 2. The Morgan fingerprint density at radius 3 is 1.68 bits per heavy atom. The number of rotatable bonds is 8. The van der Waals surface area contributed by atoms with E-state index >= 15 is 0 Å². The number of benzene rings is 2. The lowest BCUT2D eigenvalue weighted by Crippen LogP contribution is -2.57. The highest BCUT2D eigenvalue weighted by Crippen LogP contribution is 2.18. The van der Waals surface area contributed by atoms with Gasteiger partial charge in [-0.25, -0.2) is 0 Å². The molecule has 0 saturated heterocycles. The number of nitrogens with zero attached hydrogens (tertiary/aromatic N) is 1. The van der Waals surface area contributed by atoms with Crippen molar-refractivity contribution in [1.82, 2.24) is 4.23 Å². The van der Waals surface area contributed by atoms with E-state index < -0.39 is 17.2 Å². The van der Waals surface area contributed by atoms with E-state index in [1.807, 2.05) is 48.5 Å². The number of nitrogens with two attached hydrogens (primary N) is 2. The van der Waals surface area contributed by atoms with Crippen LogP contribution in [-0.2, 0) is 0 Å². The zero-order chi connectivity index (χ0) is 18.4. The van der Waals surface area contributed by atoms with E-state index in [1.54, 1.807) is 0 Å². The zero-order valence-electron chi connectivity index (χ0n) is 15.5. The van der Waals surface area contributed by atoms with Crippen molar-refractivity contribution in [2.45, 2.75) is 19.6 Å². The van der Waals surface area contributed by atoms with E-state index in [9.17, 15) is 0 Å². The van der Waals surface area contributed by atoms with E-state index in [-0.39, 0.29) is 0 Å². The average molecular weight is 376 g/mol. The first kappa shape index (κ1) is 19.4. The molecular weight excluding hydrogens is 346 g/mol. The summed E-state index contributed by atoms with van der Waals surface area (Å²) in [6.07, 6.45) is 1.35. The highest BCUT2D eigenvalue weighted by molar-refractivity contribution is 6.83. The predicted octanol–water partition coefficient (Wildman–Crippen LogP) is 2.88. The molecule has 2 aromatic rings. The molecule has 0 heterocycles. The van der Waals surface area contributed by atoms with Crippen LogP contribution in [0.3, 0.4) is 0 Å². The molecule has 136 valence electrons. The first-order chi connectivity index (χ1) is 11.8. The van der Waals surface area contributed by atoms with Crippen molar-refractivity contribution in [3.63, 3.8) is 0 Å². The van der Waals surface area contributed by atoms with Gasteiger partial charge in [-0.15, -0.1) is 0 Å². The minimum absolute atomic E-state index is 0.673. The summed E-state index contributed by atoms with van der Waals surface area (Å²) in [5, 5.41) is 0. The Kier molecular flexibility index (Phi) is 6.52. The molecule has 0 spiro atoms. The number of hydrogen-bond acceptors (Lipinski definition) is 5. The molecule has 0 aliphatic rings. The summed E-state index contributed by atoms with van der Waals surface area (Å²) in [4.78, 5) is 0. The molecule has 2 aromatic carbocycles. The van der Waals surface area contributed by atoms with E-state index in [2.05, 4.69) is 30.9 Å². The van der Waals surface area contributed by atoms with Crippen molar-refractivity contribution in [2.24, 2.45) is 0 Å². The lowest BCUT2D eigenvalue weighted by molar-refractivity contribution is 0.338. The van der Waals surface area contributed by atoms with Gasteiger partial charge in [0, 0.05) is 23.5 Å². The summed E-state index contributed by atoms with van der Waals surface area (Å²) in [5.41, 5.74) is 13.1. The maximum absolute atomic E-state index is 6.04. The summed E-state index contributed by atoms with van der Waals surface area (Å²) >= 11 is 0.